The predicted molar refractivity (Wildman–Crippen MR) is 62.1 cm³/mol. The second-order valence-electron chi connectivity index (χ2n) is 4.16. The maximum Gasteiger partial charge on any atom is 0.227 e. The van der Waals surface area contributed by atoms with Crippen LogP contribution in [0.3, 0.4) is 0 Å². The molecule has 4 heteroatoms. The zero-order valence-corrected chi connectivity index (χ0v) is 10.2. The number of hydrogen-bond acceptors (Lipinski definition) is 1. The van der Waals surface area contributed by atoms with E-state index in [1.54, 1.807) is 19.1 Å². The van der Waals surface area contributed by atoms with Crippen LogP contribution in [0.4, 0.5) is 10.1 Å². The Morgan fingerprint density at radius 2 is 1.93 bits per heavy atom. The minimum atomic E-state index is -0.378. The highest BCUT2D eigenvalue weighted by atomic mass is 35.5. The molecule has 2 nitrogen and oxygen atoms in total. The summed E-state index contributed by atoms with van der Waals surface area (Å²) in [4.78, 5) is 0. The van der Waals surface area contributed by atoms with Gasteiger partial charge in [0.15, 0.2) is 11.4 Å². The molecule has 15 heavy (non-hydrogen) atoms. The van der Waals surface area contributed by atoms with Crippen molar-refractivity contribution in [1.82, 2.24) is 4.48 Å². The second-order valence-corrected chi connectivity index (χ2v) is 4.56. The zero-order valence-electron chi connectivity index (χ0n) is 9.47. The Morgan fingerprint density at radius 3 is 2.40 bits per heavy atom. The Bertz CT molecular complexity index is 360. The van der Waals surface area contributed by atoms with Crippen LogP contribution in [0.15, 0.2) is 12.1 Å². The quantitative estimate of drug-likeness (QED) is 0.728. The van der Waals surface area contributed by atoms with Gasteiger partial charge in [0.1, 0.15) is 0 Å². The van der Waals surface area contributed by atoms with Crippen molar-refractivity contribution < 1.29 is 9.13 Å². The van der Waals surface area contributed by atoms with Gasteiger partial charge >= 0.3 is 0 Å². The van der Waals surface area contributed by atoms with Gasteiger partial charge in [-0.2, -0.15) is 4.39 Å². The molecule has 0 aliphatic rings. The first kappa shape index (κ1) is 12.3. The fourth-order valence-electron chi connectivity index (χ4n) is 1.32. The lowest BCUT2D eigenvalue weighted by molar-refractivity contribution is 0.317. The maximum atomic E-state index is 14.0. The first-order chi connectivity index (χ1) is 6.88. The molecule has 0 amide bonds. The van der Waals surface area contributed by atoms with Crippen LogP contribution in [0.5, 0.6) is 5.75 Å². The van der Waals surface area contributed by atoms with Crippen molar-refractivity contribution in [3.63, 3.8) is 0 Å². The molecule has 0 aromatic heterocycles. The molecule has 0 bridgehead atoms. The van der Waals surface area contributed by atoms with Crippen molar-refractivity contribution in [3.8, 4) is 5.75 Å². The van der Waals surface area contributed by atoms with Crippen LogP contribution in [0.1, 0.15) is 6.92 Å². The average Bonchev–Trinajstić information content (AvgIpc) is 2.09. The summed E-state index contributed by atoms with van der Waals surface area (Å²) >= 11 is 5.86. The molecule has 0 saturated heterocycles. The van der Waals surface area contributed by atoms with Gasteiger partial charge in [-0.05, 0) is 13.0 Å². The van der Waals surface area contributed by atoms with Crippen molar-refractivity contribution in [1.29, 1.82) is 0 Å². The van der Waals surface area contributed by atoms with Crippen LogP contribution in [0, 0.1) is 5.82 Å². The molecule has 0 aliphatic carbocycles. The maximum absolute atomic E-state index is 14.0. The molecule has 0 radical (unpaired) electrons. The van der Waals surface area contributed by atoms with E-state index < -0.39 is 0 Å². The molecule has 84 valence electrons. The Hall–Kier alpha value is -0.800. The van der Waals surface area contributed by atoms with Gasteiger partial charge in [-0.15, -0.1) is 0 Å². The first-order valence-electron chi connectivity index (χ1n) is 4.80. The van der Waals surface area contributed by atoms with E-state index in [-0.39, 0.29) is 11.6 Å². The monoisotopic (exact) mass is 232 g/mol. The van der Waals surface area contributed by atoms with Crippen molar-refractivity contribution in [2.24, 2.45) is 0 Å². The van der Waals surface area contributed by atoms with Crippen LogP contribution < -0.4 is 9.22 Å². The molecule has 0 N–H and O–H groups in total. The topological polar surface area (TPSA) is 9.23 Å². The minimum Gasteiger partial charge on any atom is -0.489 e. The van der Waals surface area contributed by atoms with Crippen LogP contribution in [0.2, 0.25) is 5.02 Å². The molecule has 1 aromatic carbocycles. The lowest BCUT2D eigenvalue weighted by Gasteiger charge is -2.24. The number of nitrogens with zero attached hydrogens (tertiary/aromatic N) is 1. The summed E-state index contributed by atoms with van der Waals surface area (Å²) in [5.74, 6) is -0.235. The van der Waals surface area contributed by atoms with Crippen LogP contribution in [0.25, 0.3) is 0 Å². The number of hydrogen-bond donors (Lipinski definition) is 0. The van der Waals surface area contributed by atoms with Gasteiger partial charge in [0, 0.05) is 6.07 Å². The average molecular weight is 233 g/mol. The highest BCUT2D eigenvalue weighted by molar-refractivity contribution is 6.32. The van der Waals surface area contributed by atoms with E-state index >= 15 is 0 Å². The largest absolute Gasteiger partial charge is 0.489 e. The van der Waals surface area contributed by atoms with Crippen molar-refractivity contribution in [2.45, 2.75) is 6.92 Å². The second kappa shape index (κ2) is 4.37. The van der Waals surface area contributed by atoms with Crippen LogP contribution in [-0.4, -0.2) is 27.7 Å². The van der Waals surface area contributed by atoms with E-state index in [1.807, 2.05) is 21.1 Å². The smallest absolute Gasteiger partial charge is 0.227 e. The number of benzene rings is 1. The molecule has 0 fully saturated rings. The lowest BCUT2D eigenvalue weighted by Crippen LogP contribution is -2.35. The summed E-state index contributed by atoms with van der Waals surface area (Å²) in [7, 11) is 5.67. The molecule has 0 aliphatic heterocycles. The third kappa shape index (κ3) is 2.61. The summed E-state index contributed by atoms with van der Waals surface area (Å²) in [5, 5.41) is 0.312. The molecular weight excluding hydrogens is 217 g/mol. The predicted octanol–water partition coefficient (Wildman–Crippen LogP) is 3.07. The molecule has 1 rings (SSSR count). The highest BCUT2D eigenvalue weighted by Crippen LogP contribution is 2.35. The van der Waals surface area contributed by atoms with Gasteiger partial charge in [-0.3, -0.25) is 4.48 Å². The molecule has 0 atom stereocenters. The Morgan fingerprint density at radius 1 is 1.33 bits per heavy atom. The normalized spacial score (nSPS) is 11.6. The van der Waals surface area contributed by atoms with E-state index in [0.717, 1.165) is 0 Å². The standard InChI is InChI=1S/C11H16ClFNO/c1-5-15-11-8(12)6-7-9(10(11)13)14(2,3)4/h6-7H,5H2,1-4H3/q+1. The van der Waals surface area contributed by atoms with E-state index in [2.05, 4.69) is 0 Å². The van der Waals surface area contributed by atoms with E-state index in [0.29, 0.717) is 21.8 Å². The summed E-state index contributed by atoms with van der Waals surface area (Å²) in [6, 6.07) is 3.34. The van der Waals surface area contributed by atoms with E-state index in [1.165, 1.54) is 0 Å². The fourth-order valence-corrected chi connectivity index (χ4v) is 1.52. The number of halogens is 2. The Labute approximate surface area is 94.8 Å². The first-order valence-corrected chi connectivity index (χ1v) is 5.18. The highest BCUT2D eigenvalue weighted by Gasteiger charge is 2.23. The third-order valence-corrected chi connectivity index (χ3v) is 2.34. The van der Waals surface area contributed by atoms with Gasteiger partial charge in [0.2, 0.25) is 5.82 Å². The van der Waals surface area contributed by atoms with Crippen LogP contribution >= 0.6 is 11.6 Å². The number of rotatable bonds is 3. The molecular formula is C11H16ClFNO+. The molecule has 0 heterocycles. The SMILES string of the molecule is CCOc1c(Cl)ccc([N+](C)(C)C)c1F. The minimum absolute atomic E-state index is 0.143. The van der Waals surface area contributed by atoms with Crippen molar-refractivity contribution >= 4 is 17.3 Å². The van der Waals surface area contributed by atoms with Crippen LogP contribution in [-0.2, 0) is 0 Å². The van der Waals surface area contributed by atoms with Gasteiger partial charge in [0.25, 0.3) is 0 Å². The summed E-state index contributed by atoms with van der Waals surface area (Å²) in [6.07, 6.45) is 0. The van der Waals surface area contributed by atoms with Gasteiger partial charge < -0.3 is 4.74 Å². The summed E-state index contributed by atoms with van der Waals surface area (Å²) < 4.78 is 19.6. The fraction of sp³-hybridized carbons (Fsp3) is 0.455. The van der Waals surface area contributed by atoms with Crippen molar-refractivity contribution in [2.75, 3.05) is 27.7 Å². The van der Waals surface area contributed by atoms with Crippen molar-refractivity contribution in [3.05, 3.63) is 23.0 Å². The number of quaternary nitrogens is 1. The van der Waals surface area contributed by atoms with E-state index in [9.17, 15) is 4.39 Å². The number of ether oxygens (including phenoxy) is 1. The van der Waals surface area contributed by atoms with Gasteiger partial charge in [-0.1, -0.05) is 11.6 Å². The Balaban J connectivity index is 3.28. The third-order valence-electron chi connectivity index (χ3n) is 2.04. The zero-order chi connectivity index (χ0) is 11.6. The van der Waals surface area contributed by atoms with Gasteiger partial charge in [0.05, 0.1) is 32.8 Å². The molecule has 0 unspecified atom stereocenters. The molecule has 1 aromatic rings. The lowest BCUT2D eigenvalue weighted by atomic mass is 10.2. The summed E-state index contributed by atoms with van der Waals surface area (Å²) in [6.45, 7) is 2.20. The Kier molecular flexibility index (Phi) is 3.58. The van der Waals surface area contributed by atoms with E-state index in [4.69, 9.17) is 16.3 Å². The molecule has 0 saturated carbocycles. The summed E-state index contributed by atoms with van der Waals surface area (Å²) in [5.41, 5.74) is 0.558. The van der Waals surface area contributed by atoms with Gasteiger partial charge in [-0.25, -0.2) is 0 Å². The molecule has 0 spiro atoms.